The van der Waals surface area contributed by atoms with E-state index in [9.17, 15) is 4.79 Å². The highest BCUT2D eigenvalue weighted by Crippen LogP contribution is 2.29. The first-order valence-electron chi connectivity index (χ1n) is 6.77. The maximum atomic E-state index is 12.5. The van der Waals surface area contributed by atoms with E-state index in [0.29, 0.717) is 23.7 Å². The van der Waals surface area contributed by atoms with Gasteiger partial charge in [0.25, 0.3) is 5.91 Å². The van der Waals surface area contributed by atoms with E-state index in [1.807, 2.05) is 18.0 Å². The lowest BCUT2D eigenvalue weighted by molar-refractivity contribution is 0.0681. The Kier molecular flexibility index (Phi) is 3.58. The van der Waals surface area contributed by atoms with Gasteiger partial charge in [-0.3, -0.25) is 9.78 Å². The molecular formula is C14H18BrN3O. The zero-order valence-corrected chi connectivity index (χ0v) is 12.6. The molecule has 0 radical (unpaired) electrons. The molecule has 4 nitrogen and oxygen atoms in total. The van der Waals surface area contributed by atoms with Crippen molar-refractivity contribution in [1.29, 1.82) is 0 Å². The number of pyridine rings is 1. The van der Waals surface area contributed by atoms with Gasteiger partial charge in [-0.1, -0.05) is 0 Å². The SMILES string of the molecule is CN(C(=O)c1cncc(Br)c1)C1CC2CCC(C1)N2. The fourth-order valence-corrected chi connectivity index (χ4v) is 3.61. The van der Waals surface area contributed by atoms with Gasteiger partial charge in [-0.2, -0.15) is 0 Å². The van der Waals surface area contributed by atoms with Crippen LogP contribution < -0.4 is 5.32 Å². The molecular weight excluding hydrogens is 306 g/mol. The summed E-state index contributed by atoms with van der Waals surface area (Å²) in [5, 5.41) is 3.61. The van der Waals surface area contributed by atoms with Crippen molar-refractivity contribution >= 4 is 21.8 Å². The highest BCUT2D eigenvalue weighted by Gasteiger charge is 2.36. The lowest BCUT2D eigenvalue weighted by Crippen LogP contribution is -2.48. The molecule has 19 heavy (non-hydrogen) atoms. The van der Waals surface area contributed by atoms with Gasteiger partial charge >= 0.3 is 0 Å². The van der Waals surface area contributed by atoms with Crippen molar-refractivity contribution in [3.8, 4) is 0 Å². The maximum Gasteiger partial charge on any atom is 0.255 e. The molecule has 5 heteroatoms. The first-order valence-corrected chi connectivity index (χ1v) is 7.56. The van der Waals surface area contributed by atoms with Crippen LogP contribution in [0.4, 0.5) is 0 Å². The topological polar surface area (TPSA) is 45.2 Å². The van der Waals surface area contributed by atoms with Gasteiger partial charge < -0.3 is 10.2 Å². The summed E-state index contributed by atoms with van der Waals surface area (Å²) in [5.41, 5.74) is 0.655. The summed E-state index contributed by atoms with van der Waals surface area (Å²) in [4.78, 5) is 18.4. The van der Waals surface area contributed by atoms with Crippen LogP contribution in [0.15, 0.2) is 22.9 Å². The van der Waals surface area contributed by atoms with Gasteiger partial charge in [-0.05, 0) is 47.7 Å². The Morgan fingerprint density at radius 3 is 2.68 bits per heavy atom. The minimum atomic E-state index is 0.0695. The van der Waals surface area contributed by atoms with Crippen molar-refractivity contribution in [3.05, 3.63) is 28.5 Å². The van der Waals surface area contributed by atoms with Crippen LogP contribution in [0.2, 0.25) is 0 Å². The molecule has 2 saturated heterocycles. The van der Waals surface area contributed by atoms with Gasteiger partial charge in [0, 0.05) is 42.0 Å². The Morgan fingerprint density at radius 1 is 1.37 bits per heavy atom. The third-order valence-electron chi connectivity index (χ3n) is 4.27. The Hall–Kier alpha value is -0.940. The van der Waals surface area contributed by atoms with E-state index in [4.69, 9.17) is 0 Å². The molecule has 0 spiro atoms. The number of nitrogens with one attached hydrogen (secondary N) is 1. The van der Waals surface area contributed by atoms with Crippen LogP contribution in [-0.2, 0) is 0 Å². The second-order valence-corrected chi connectivity index (χ2v) is 6.49. The Labute approximate surface area is 121 Å². The summed E-state index contributed by atoms with van der Waals surface area (Å²) in [6.45, 7) is 0. The Bertz CT molecular complexity index is 481. The van der Waals surface area contributed by atoms with E-state index < -0.39 is 0 Å². The van der Waals surface area contributed by atoms with Gasteiger partial charge in [0.1, 0.15) is 0 Å². The number of carbonyl (C=O) groups is 1. The van der Waals surface area contributed by atoms with E-state index >= 15 is 0 Å². The number of carbonyl (C=O) groups excluding carboxylic acids is 1. The number of hydrogen-bond acceptors (Lipinski definition) is 3. The number of rotatable bonds is 2. The van der Waals surface area contributed by atoms with Crippen LogP contribution in [-0.4, -0.2) is 41.0 Å². The normalized spacial score (nSPS) is 29.3. The molecule has 2 bridgehead atoms. The zero-order chi connectivity index (χ0) is 13.4. The third-order valence-corrected chi connectivity index (χ3v) is 4.70. The van der Waals surface area contributed by atoms with Crippen molar-refractivity contribution in [3.63, 3.8) is 0 Å². The Morgan fingerprint density at radius 2 is 2.05 bits per heavy atom. The Balaban J connectivity index is 1.73. The first kappa shape index (κ1) is 13.1. The molecule has 2 fully saturated rings. The van der Waals surface area contributed by atoms with Crippen LogP contribution in [0.25, 0.3) is 0 Å². The molecule has 0 saturated carbocycles. The summed E-state index contributed by atoms with van der Waals surface area (Å²) >= 11 is 3.36. The lowest BCUT2D eigenvalue weighted by Gasteiger charge is -2.35. The summed E-state index contributed by atoms with van der Waals surface area (Å²) < 4.78 is 0.845. The van der Waals surface area contributed by atoms with E-state index in [2.05, 4.69) is 26.2 Å². The molecule has 3 heterocycles. The summed E-state index contributed by atoms with van der Waals surface area (Å²) in [5.74, 6) is 0.0695. The van der Waals surface area contributed by atoms with Gasteiger partial charge in [0.2, 0.25) is 0 Å². The van der Waals surface area contributed by atoms with Gasteiger partial charge in [0.15, 0.2) is 0 Å². The molecule has 102 valence electrons. The molecule has 1 amide bonds. The highest BCUT2D eigenvalue weighted by atomic mass is 79.9. The quantitative estimate of drug-likeness (QED) is 0.907. The lowest BCUT2D eigenvalue weighted by atomic mass is 9.98. The van der Waals surface area contributed by atoms with Crippen LogP contribution in [0, 0.1) is 0 Å². The molecule has 2 aliphatic rings. The molecule has 3 rings (SSSR count). The number of halogens is 1. The molecule has 1 aromatic rings. The number of aromatic nitrogens is 1. The molecule has 2 unspecified atom stereocenters. The monoisotopic (exact) mass is 323 g/mol. The summed E-state index contributed by atoms with van der Waals surface area (Å²) in [7, 11) is 1.92. The molecule has 1 aromatic heterocycles. The number of hydrogen-bond donors (Lipinski definition) is 1. The van der Waals surface area contributed by atoms with Crippen molar-refractivity contribution in [1.82, 2.24) is 15.2 Å². The van der Waals surface area contributed by atoms with Gasteiger partial charge in [0.05, 0.1) is 5.56 Å². The molecule has 0 aliphatic carbocycles. The average molecular weight is 324 g/mol. The number of nitrogens with zero attached hydrogens (tertiary/aromatic N) is 2. The van der Waals surface area contributed by atoms with E-state index in [0.717, 1.165) is 17.3 Å². The molecule has 0 aromatic carbocycles. The third kappa shape index (κ3) is 2.67. The van der Waals surface area contributed by atoms with Crippen molar-refractivity contribution in [2.24, 2.45) is 0 Å². The summed E-state index contributed by atoms with van der Waals surface area (Å²) in [6, 6.07) is 3.38. The van der Waals surface area contributed by atoms with Crippen molar-refractivity contribution < 1.29 is 4.79 Å². The summed E-state index contributed by atoms with van der Waals surface area (Å²) in [6.07, 6.45) is 7.98. The fourth-order valence-electron chi connectivity index (χ4n) is 3.24. The largest absolute Gasteiger partial charge is 0.339 e. The smallest absolute Gasteiger partial charge is 0.255 e. The maximum absolute atomic E-state index is 12.5. The molecule has 2 aliphatic heterocycles. The minimum Gasteiger partial charge on any atom is -0.339 e. The first-order chi connectivity index (χ1) is 9.13. The van der Waals surface area contributed by atoms with E-state index in [-0.39, 0.29) is 5.91 Å². The predicted molar refractivity (Wildman–Crippen MR) is 77.0 cm³/mol. The number of fused-ring (bicyclic) bond motifs is 2. The molecule has 1 N–H and O–H groups in total. The minimum absolute atomic E-state index is 0.0695. The van der Waals surface area contributed by atoms with E-state index in [1.54, 1.807) is 12.4 Å². The highest BCUT2D eigenvalue weighted by molar-refractivity contribution is 9.10. The van der Waals surface area contributed by atoms with Crippen molar-refractivity contribution in [2.75, 3.05) is 7.05 Å². The average Bonchev–Trinajstić information content (AvgIpc) is 2.76. The standard InChI is InChI=1S/C14H18BrN3O/c1-18(13-5-11-2-3-12(6-13)17-11)14(19)9-4-10(15)8-16-7-9/h4,7-8,11-13,17H,2-3,5-6H2,1H3. The fraction of sp³-hybridized carbons (Fsp3) is 0.571. The van der Waals surface area contributed by atoms with Crippen molar-refractivity contribution in [2.45, 2.75) is 43.8 Å². The van der Waals surface area contributed by atoms with Crippen LogP contribution >= 0.6 is 15.9 Å². The van der Waals surface area contributed by atoms with Crippen LogP contribution in [0.3, 0.4) is 0 Å². The predicted octanol–water partition coefficient (Wildman–Crippen LogP) is 2.20. The zero-order valence-electron chi connectivity index (χ0n) is 11.0. The second kappa shape index (κ2) is 5.21. The molecule has 2 atom stereocenters. The second-order valence-electron chi connectivity index (χ2n) is 5.57. The van der Waals surface area contributed by atoms with Crippen LogP contribution in [0.1, 0.15) is 36.0 Å². The van der Waals surface area contributed by atoms with Gasteiger partial charge in [-0.15, -0.1) is 0 Å². The van der Waals surface area contributed by atoms with Gasteiger partial charge in [-0.25, -0.2) is 0 Å². The number of piperidine rings is 1. The van der Waals surface area contributed by atoms with E-state index in [1.165, 1.54) is 12.8 Å². The number of amides is 1. The van der Waals surface area contributed by atoms with Crippen LogP contribution in [0.5, 0.6) is 0 Å².